The van der Waals surface area contributed by atoms with Crippen molar-refractivity contribution >= 4 is 15.8 Å². The van der Waals surface area contributed by atoms with Crippen molar-refractivity contribution in [3.63, 3.8) is 0 Å². The number of nitrogens with zero attached hydrogens (tertiary/aromatic N) is 3. The SMILES string of the molecule is CCCS(=O)(=O)N1CCO[C@@H](c2nccnc2NC)C1. The molecule has 0 amide bonds. The van der Waals surface area contributed by atoms with Crippen LogP contribution in [0.4, 0.5) is 5.82 Å². The Morgan fingerprint density at radius 3 is 2.90 bits per heavy atom. The van der Waals surface area contributed by atoms with Gasteiger partial charge < -0.3 is 10.1 Å². The summed E-state index contributed by atoms with van der Waals surface area (Å²) in [5.74, 6) is 0.784. The Kier molecular flexibility index (Phi) is 4.90. The van der Waals surface area contributed by atoms with Crippen LogP contribution in [0.3, 0.4) is 0 Å². The topological polar surface area (TPSA) is 84.4 Å². The van der Waals surface area contributed by atoms with E-state index in [2.05, 4.69) is 15.3 Å². The first-order chi connectivity index (χ1) is 9.58. The third-order valence-electron chi connectivity index (χ3n) is 3.15. The molecular weight excluding hydrogens is 280 g/mol. The zero-order valence-corrected chi connectivity index (χ0v) is 12.6. The lowest BCUT2D eigenvalue weighted by atomic mass is 10.2. The maximum atomic E-state index is 12.1. The summed E-state index contributed by atoms with van der Waals surface area (Å²) < 4.78 is 31.4. The normalized spacial score (nSPS) is 20.8. The quantitative estimate of drug-likeness (QED) is 0.858. The van der Waals surface area contributed by atoms with Crippen molar-refractivity contribution in [1.82, 2.24) is 14.3 Å². The molecule has 1 atom stereocenters. The van der Waals surface area contributed by atoms with Gasteiger partial charge in [0.1, 0.15) is 17.6 Å². The van der Waals surface area contributed by atoms with E-state index in [4.69, 9.17) is 4.74 Å². The number of hydrogen-bond acceptors (Lipinski definition) is 6. The number of ether oxygens (including phenoxy) is 1. The average molecular weight is 300 g/mol. The van der Waals surface area contributed by atoms with Gasteiger partial charge in [0, 0.05) is 32.5 Å². The van der Waals surface area contributed by atoms with Gasteiger partial charge in [0.05, 0.1) is 12.4 Å². The van der Waals surface area contributed by atoms with Gasteiger partial charge in [-0.3, -0.25) is 4.98 Å². The highest BCUT2D eigenvalue weighted by molar-refractivity contribution is 7.89. The average Bonchev–Trinajstić information content (AvgIpc) is 2.47. The molecule has 0 saturated carbocycles. The van der Waals surface area contributed by atoms with Crippen LogP contribution < -0.4 is 5.32 Å². The predicted molar refractivity (Wildman–Crippen MR) is 75.9 cm³/mol. The summed E-state index contributed by atoms with van der Waals surface area (Å²) in [7, 11) is -1.46. The molecule has 0 bridgehead atoms. The first-order valence-electron chi connectivity index (χ1n) is 6.66. The third-order valence-corrected chi connectivity index (χ3v) is 5.20. The van der Waals surface area contributed by atoms with E-state index in [-0.39, 0.29) is 18.4 Å². The van der Waals surface area contributed by atoms with Crippen molar-refractivity contribution in [1.29, 1.82) is 0 Å². The molecule has 1 aromatic heterocycles. The van der Waals surface area contributed by atoms with Crippen molar-refractivity contribution in [2.45, 2.75) is 19.4 Å². The summed E-state index contributed by atoms with van der Waals surface area (Å²) in [6.07, 6.45) is 3.39. The van der Waals surface area contributed by atoms with Gasteiger partial charge in [-0.15, -0.1) is 0 Å². The number of rotatable bonds is 5. The summed E-state index contributed by atoms with van der Waals surface area (Å²) in [6, 6.07) is 0. The number of aromatic nitrogens is 2. The molecule has 20 heavy (non-hydrogen) atoms. The van der Waals surface area contributed by atoms with Crippen molar-refractivity contribution in [3.05, 3.63) is 18.1 Å². The van der Waals surface area contributed by atoms with Crippen LogP contribution in [-0.4, -0.2) is 55.2 Å². The minimum atomic E-state index is -3.21. The second-order valence-corrected chi connectivity index (χ2v) is 6.66. The molecule has 0 unspecified atom stereocenters. The highest BCUT2D eigenvalue weighted by atomic mass is 32.2. The molecule has 112 valence electrons. The number of anilines is 1. The number of nitrogens with one attached hydrogen (secondary N) is 1. The van der Waals surface area contributed by atoms with Gasteiger partial charge in [-0.1, -0.05) is 6.92 Å². The van der Waals surface area contributed by atoms with Gasteiger partial charge in [-0.2, -0.15) is 4.31 Å². The fourth-order valence-corrected chi connectivity index (χ4v) is 3.70. The Bertz CT molecular complexity index is 549. The van der Waals surface area contributed by atoms with Gasteiger partial charge in [0.2, 0.25) is 10.0 Å². The van der Waals surface area contributed by atoms with Crippen LogP contribution in [-0.2, 0) is 14.8 Å². The largest absolute Gasteiger partial charge is 0.372 e. The van der Waals surface area contributed by atoms with E-state index in [1.165, 1.54) is 4.31 Å². The van der Waals surface area contributed by atoms with Crippen LogP contribution in [0.5, 0.6) is 0 Å². The molecule has 0 radical (unpaired) electrons. The second-order valence-electron chi connectivity index (χ2n) is 4.57. The molecule has 7 nitrogen and oxygen atoms in total. The molecule has 1 saturated heterocycles. The summed E-state index contributed by atoms with van der Waals surface area (Å²) in [5.41, 5.74) is 0.645. The Balaban J connectivity index is 2.19. The van der Waals surface area contributed by atoms with E-state index in [1.54, 1.807) is 19.4 Å². The lowest BCUT2D eigenvalue weighted by Gasteiger charge is -2.32. The molecule has 0 aromatic carbocycles. The maximum absolute atomic E-state index is 12.1. The van der Waals surface area contributed by atoms with Crippen LogP contribution in [0.25, 0.3) is 0 Å². The fraction of sp³-hybridized carbons (Fsp3) is 0.667. The van der Waals surface area contributed by atoms with Crippen LogP contribution in [0, 0.1) is 0 Å². The molecule has 1 aliphatic heterocycles. The van der Waals surface area contributed by atoms with Gasteiger partial charge in [-0.25, -0.2) is 13.4 Å². The molecular formula is C12H20N4O3S. The van der Waals surface area contributed by atoms with Crippen LogP contribution >= 0.6 is 0 Å². The molecule has 1 aliphatic rings. The van der Waals surface area contributed by atoms with E-state index >= 15 is 0 Å². The zero-order valence-electron chi connectivity index (χ0n) is 11.7. The predicted octanol–water partition coefficient (Wildman–Crippen LogP) is 0.631. The second kappa shape index (κ2) is 6.47. The first kappa shape index (κ1) is 15.1. The van der Waals surface area contributed by atoms with E-state index in [0.29, 0.717) is 31.1 Å². The van der Waals surface area contributed by atoms with Crippen molar-refractivity contribution < 1.29 is 13.2 Å². The van der Waals surface area contributed by atoms with E-state index < -0.39 is 10.0 Å². The van der Waals surface area contributed by atoms with Gasteiger partial charge in [0.25, 0.3) is 0 Å². The maximum Gasteiger partial charge on any atom is 0.214 e. The Morgan fingerprint density at radius 2 is 2.20 bits per heavy atom. The Hall–Kier alpha value is -1.25. The van der Waals surface area contributed by atoms with E-state index in [9.17, 15) is 8.42 Å². The molecule has 0 aliphatic carbocycles. The first-order valence-corrected chi connectivity index (χ1v) is 8.27. The minimum absolute atomic E-state index is 0.166. The zero-order chi connectivity index (χ0) is 14.6. The van der Waals surface area contributed by atoms with Crippen molar-refractivity contribution in [2.75, 3.05) is 37.8 Å². The highest BCUT2D eigenvalue weighted by Crippen LogP contribution is 2.26. The van der Waals surface area contributed by atoms with Gasteiger partial charge in [-0.05, 0) is 6.42 Å². The fourth-order valence-electron chi connectivity index (χ4n) is 2.21. The van der Waals surface area contributed by atoms with Gasteiger partial charge >= 0.3 is 0 Å². The van der Waals surface area contributed by atoms with Crippen LogP contribution in [0.1, 0.15) is 25.1 Å². The summed E-state index contributed by atoms with van der Waals surface area (Å²) in [6.45, 7) is 2.91. The van der Waals surface area contributed by atoms with Crippen molar-refractivity contribution in [2.24, 2.45) is 0 Å². The molecule has 0 spiro atoms. The van der Waals surface area contributed by atoms with E-state index in [1.807, 2.05) is 6.92 Å². The summed E-state index contributed by atoms with van der Waals surface area (Å²) in [4.78, 5) is 8.44. The number of morpholine rings is 1. The Morgan fingerprint density at radius 1 is 1.45 bits per heavy atom. The molecule has 8 heteroatoms. The highest BCUT2D eigenvalue weighted by Gasteiger charge is 2.31. The molecule has 1 fully saturated rings. The minimum Gasteiger partial charge on any atom is -0.372 e. The lowest BCUT2D eigenvalue weighted by Crippen LogP contribution is -2.43. The number of sulfonamides is 1. The van der Waals surface area contributed by atoms with Gasteiger partial charge in [0.15, 0.2) is 0 Å². The molecule has 1 aromatic rings. The van der Waals surface area contributed by atoms with E-state index in [0.717, 1.165) is 0 Å². The Labute approximate surface area is 119 Å². The van der Waals surface area contributed by atoms with Crippen molar-refractivity contribution in [3.8, 4) is 0 Å². The monoisotopic (exact) mass is 300 g/mol. The standard InChI is InChI=1S/C12H20N4O3S/c1-3-8-20(17,18)16-6-7-19-10(9-16)11-12(13-2)15-5-4-14-11/h4-5,10H,3,6-9H2,1-2H3,(H,13,15)/t10-/m1/s1. The summed E-state index contributed by atoms with van der Waals surface area (Å²) >= 11 is 0. The molecule has 1 N–H and O–H groups in total. The lowest BCUT2D eigenvalue weighted by molar-refractivity contribution is -0.00467. The number of hydrogen-bond donors (Lipinski definition) is 1. The smallest absolute Gasteiger partial charge is 0.214 e. The van der Waals surface area contributed by atoms with Crippen LogP contribution in [0.2, 0.25) is 0 Å². The third kappa shape index (κ3) is 3.25. The molecule has 2 heterocycles. The van der Waals surface area contributed by atoms with Crippen LogP contribution in [0.15, 0.2) is 12.4 Å². The summed E-state index contributed by atoms with van der Waals surface area (Å²) in [5, 5.41) is 2.95. The molecule has 2 rings (SSSR count).